The zero-order chi connectivity index (χ0) is 46.1. The van der Waals surface area contributed by atoms with Crippen LogP contribution in [0.1, 0.15) is 70.8 Å². The van der Waals surface area contributed by atoms with Crippen molar-refractivity contribution in [3.05, 3.63) is 187 Å². The van der Waals surface area contributed by atoms with Crippen LogP contribution in [-0.2, 0) is 29.9 Å². The number of hydrogen-bond donors (Lipinski definition) is 1. The molecule has 14 heteroatoms. The molecule has 1 N–H and O–H groups in total. The van der Waals surface area contributed by atoms with Crippen LogP contribution in [-0.4, -0.2) is 23.7 Å². The van der Waals surface area contributed by atoms with Crippen molar-refractivity contribution >= 4 is 54.8 Å². The average molecular weight is 917 g/mol. The van der Waals surface area contributed by atoms with Gasteiger partial charge >= 0.3 is 24.3 Å². The zero-order valence-corrected chi connectivity index (χ0v) is 35.8. The first-order valence-electron chi connectivity index (χ1n) is 19.7. The number of thiophene rings is 2. The minimum Gasteiger partial charge on any atom is -0.478 e. The Hall–Kier alpha value is -6.38. The van der Waals surface area contributed by atoms with Crippen LogP contribution in [0, 0.1) is 25.5 Å². The van der Waals surface area contributed by atoms with Gasteiger partial charge in [0.1, 0.15) is 11.6 Å². The summed E-state index contributed by atoms with van der Waals surface area (Å²) in [6, 6.07) is 29.4. The number of carboxylic acids is 1. The SMILES string of the molecule is CCOC(=O)c1cc(F)cc(-c2cccc3c(C)c(Cc4cccc(C(F)(F)F)c4)sc23)c1.Cc1c(Cc2cccc(C(F)(F)F)c2)sc2c(-c3cc(F)cc(C(=O)O)c3)cccc12. The lowest BCUT2D eigenvalue weighted by atomic mass is 9.99. The lowest BCUT2D eigenvalue weighted by molar-refractivity contribution is -0.138. The maximum Gasteiger partial charge on any atom is 0.416 e. The smallest absolute Gasteiger partial charge is 0.416 e. The third-order valence-corrected chi connectivity index (χ3v) is 13.2. The third-order valence-electron chi connectivity index (χ3n) is 10.5. The van der Waals surface area contributed by atoms with Gasteiger partial charge in [-0.3, -0.25) is 0 Å². The molecule has 8 rings (SSSR count). The second-order valence-electron chi connectivity index (χ2n) is 14.9. The molecule has 0 aliphatic carbocycles. The molecule has 0 saturated heterocycles. The first kappa shape index (κ1) is 45.6. The highest BCUT2D eigenvalue weighted by atomic mass is 32.1. The molecule has 0 bridgehead atoms. The highest BCUT2D eigenvalue weighted by Gasteiger charge is 2.31. The molecule has 8 aromatic rings. The van der Waals surface area contributed by atoms with Crippen LogP contribution in [0.4, 0.5) is 35.1 Å². The van der Waals surface area contributed by atoms with Gasteiger partial charge in [0.25, 0.3) is 0 Å². The molecule has 64 heavy (non-hydrogen) atoms. The molecule has 0 aliphatic heterocycles. The van der Waals surface area contributed by atoms with E-state index in [0.717, 1.165) is 76.9 Å². The van der Waals surface area contributed by atoms with E-state index in [1.807, 2.05) is 38.1 Å². The quantitative estimate of drug-likeness (QED) is 0.116. The van der Waals surface area contributed by atoms with E-state index in [4.69, 9.17) is 4.74 Å². The van der Waals surface area contributed by atoms with Crippen molar-refractivity contribution in [2.75, 3.05) is 6.61 Å². The van der Waals surface area contributed by atoms with E-state index >= 15 is 0 Å². The van der Waals surface area contributed by atoms with Crippen molar-refractivity contribution in [3.8, 4) is 22.3 Å². The maximum atomic E-state index is 14.3. The Labute approximate surface area is 370 Å². The number of alkyl halides is 6. The van der Waals surface area contributed by atoms with Crippen LogP contribution in [0.2, 0.25) is 0 Å². The van der Waals surface area contributed by atoms with Crippen LogP contribution >= 0.6 is 22.7 Å². The molecular formula is C50H36F8O4S2. The fourth-order valence-electron chi connectivity index (χ4n) is 7.41. The number of carbonyl (C=O) groups is 2. The number of aromatic carboxylic acids is 1. The van der Waals surface area contributed by atoms with Crippen molar-refractivity contribution in [1.82, 2.24) is 0 Å². The summed E-state index contributed by atoms with van der Waals surface area (Å²) in [4.78, 5) is 25.3. The highest BCUT2D eigenvalue weighted by molar-refractivity contribution is 7.20. The van der Waals surface area contributed by atoms with E-state index in [1.54, 1.807) is 37.3 Å². The van der Waals surface area contributed by atoms with E-state index in [9.17, 15) is 49.8 Å². The average Bonchev–Trinajstić information content (AvgIpc) is 3.74. The van der Waals surface area contributed by atoms with Crippen LogP contribution in [0.3, 0.4) is 0 Å². The van der Waals surface area contributed by atoms with Gasteiger partial charge in [0.2, 0.25) is 0 Å². The van der Waals surface area contributed by atoms with Crippen molar-refractivity contribution in [2.45, 2.75) is 46.0 Å². The van der Waals surface area contributed by atoms with Crippen LogP contribution in [0.5, 0.6) is 0 Å². The zero-order valence-electron chi connectivity index (χ0n) is 34.2. The summed E-state index contributed by atoms with van der Waals surface area (Å²) in [6.07, 6.45) is -8.12. The van der Waals surface area contributed by atoms with Gasteiger partial charge in [-0.25, -0.2) is 18.4 Å². The summed E-state index contributed by atoms with van der Waals surface area (Å²) in [5.41, 5.74) is 4.04. The number of hydrogen-bond acceptors (Lipinski definition) is 5. The summed E-state index contributed by atoms with van der Waals surface area (Å²) in [5, 5.41) is 11.1. The summed E-state index contributed by atoms with van der Waals surface area (Å²) in [6.45, 7) is 5.70. The number of benzene rings is 6. The number of fused-ring (bicyclic) bond motifs is 2. The molecule has 0 radical (unpaired) electrons. The Bertz CT molecular complexity index is 3050. The number of rotatable bonds is 9. The fourth-order valence-corrected chi connectivity index (χ4v) is 10.2. The Balaban J connectivity index is 0.000000192. The van der Waals surface area contributed by atoms with Crippen molar-refractivity contribution in [2.24, 2.45) is 0 Å². The van der Waals surface area contributed by atoms with Gasteiger partial charge in [-0.05, 0) is 125 Å². The Kier molecular flexibility index (Phi) is 13.1. The molecule has 4 nitrogen and oxygen atoms in total. The minimum atomic E-state index is -4.41. The van der Waals surface area contributed by atoms with Crippen molar-refractivity contribution in [1.29, 1.82) is 0 Å². The lowest BCUT2D eigenvalue weighted by Gasteiger charge is -2.08. The molecule has 2 heterocycles. The predicted octanol–water partition coefficient (Wildman–Crippen LogP) is 15.1. The monoisotopic (exact) mass is 916 g/mol. The summed E-state index contributed by atoms with van der Waals surface area (Å²) >= 11 is 2.89. The van der Waals surface area contributed by atoms with Gasteiger partial charge < -0.3 is 9.84 Å². The van der Waals surface area contributed by atoms with Gasteiger partial charge in [-0.1, -0.05) is 72.8 Å². The number of halogens is 8. The van der Waals surface area contributed by atoms with Gasteiger partial charge in [0, 0.05) is 32.0 Å². The summed E-state index contributed by atoms with van der Waals surface area (Å²) in [7, 11) is 0. The predicted molar refractivity (Wildman–Crippen MR) is 235 cm³/mol. The number of aryl methyl sites for hydroxylation is 2. The molecule has 0 fully saturated rings. The third kappa shape index (κ3) is 10.0. The molecule has 0 saturated carbocycles. The van der Waals surface area contributed by atoms with Gasteiger partial charge in [-0.2, -0.15) is 26.3 Å². The molecule has 328 valence electrons. The van der Waals surface area contributed by atoms with Crippen LogP contribution < -0.4 is 0 Å². The molecule has 6 aromatic carbocycles. The fraction of sp³-hybridized carbons (Fsp3) is 0.160. The van der Waals surface area contributed by atoms with E-state index in [2.05, 4.69) is 0 Å². The normalized spacial score (nSPS) is 11.7. The van der Waals surface area contributed by atoms with Crippen LogP contribution in [0.15, 0.2) is 121 Å². The van der Waals surface area contributed by atoms with Gasteiger partial charge in [-0.15, -0.1) is 22.7 Å². The minimum absolute atomic E-state index is 0.126. The van der Waals surface area contributed by atoms with E-state index in [1.165, 1.54) is 59.1 Å². The Morgan fingerprint density at radius 2 is 1.00 bits per heavy atom. The van der Waals surface area contributed by atoms with Crippen LogP contribution in [0.25, 0.3) is 42.4 Å². The van der Waals surface area contributed by atoms with Gasteiger partial charge in [0.05, 0.1) is 28.9 Å². The maximum absolute atomic E-state index is 14.3. The molecular weight excluding hydrogens is 881 g/mol. The second kappa shape index (κ2) is 18.4. The van der Waals surface area contributed by atoms with Crippen molar-refractivity contribution < 1.29 is 54.6 Å². The molecule has 0 unspecified atom stereocenters. The van der Waals surface area contributed by atoms with Crippen molar-refractivity contribution in [3.63, 3.8) is 0 Å². The standard InChI is InChI=1S/C26H20F4O2S.C24H16F4O2S/c1-3-32-25(31)18-12-17(13-20(27)14-18)22-9-5-8-21-15(2)23(33-24(21)22)11-16-6-4-7-19(10-16)26(28,29)30;1-13-19-6-3-7-20(15-10-16(23(29)30)12-18(25)11-15)22(19)31-21(13)9-14-4-2-5-17(8-14)24(26,27)28/h4-10,12-14H,3,11H2,1-2H3;2-8,10-12H,9H2,1H3,(H,29,30). The highest BCUT2D eigenvalue weighted by Crippen LogP contribution is 2.42. The molecule has 2 aromatic heterocycles. The number of carboxylic acid groups (broad SMARTS) is 1. The lowest BCUT2D eigenvalue weighted by Crippen LogP contribution is -2.05. The largest absolute Gasteiger partial charge is 0.478 e. The topological polar surface area (TPSA) is 63.6 Å². The van der Waals surface area contributed by atoms with E-state index in [0.29, 0.717) is 40.7 Å². The van der Waals surface area contributed by atoms with Gasteiger partial charge in [0.15, 0.2) is 0 Å². The Morgan fingerprint density at radius 3 is 1.42 bits per heavy atom. The molecule has 0 aliphatic rings. The van der Waals surface area contributed by atoms with E-state index < -0.39 is 47.1 Å². The summed E-state index contributed by atoms with van der Waals surface area (Å²) in [5.74, 6) is -3.02. The molecule has 0 amide bonds. The summed E-state index contributed by atoms with van der Waals surface area (Å²) < 4.78 is 114. The molecule has 0 atom stereocenters. The molecule has 0 spiro atoms. The first-order chi connectivity index (χ1) is 30.3. The van der Waals surface area contributed by atoms with E-state index in [-0.39, 0.29) is 17.7 Å². The second-order valence-corrected chi connectivity index (χ2v) is 17.1. The number of esters is 1. The number of ether oxygens (including phenoxy) is 1. The number of carbonyl (C=O) groups excluding carboxylic acids is 1. The first-order valence-corrected chi connectivity index (χ1v) is 21.3. The Morgan fingerprint density at radius 1 is 0.578 bits per heavy atom.